The monoisotopic (exact) mass is 400 g/mol. The van der Waals surface area contributed by atoms with Gasteiger partial charge in [0, 0.05) is 25.6 Å². The molecule has 1 aliphatic carbocycles. The molecule has 5 rings (SSSR count). The van der Waals surface area contributed by atoms with Crippen molar-refractivity contribution < 1.29 is 14.3 Å². The lowest BCUT2D eigenvalue weighted by Gasteiger charge is -2.44. The number of alkyl carbamates (subject to hydrolysis) is 1. The first kappa shape index (κ1) is 17.6. The molecule has 1 N–H and O–H groups in total. The second-order valence-electron chi connectivity index (χ2n) is 8.03. The van der Waals surface area contributed by atoms with Crippen molar-refractivity contribution in [2.24, 2.45) is 13.0 Å². The predicted octanol–water partition coefficient (Wildman–Crippen LogP) is 2.70. The highest BCUT2D eigenvalue weighted by Crippen LogP contribution is 2.45. The van der Waals surface area contributed by atoms with Crippen molar-refractivity contribution in [1.82, 2.24) is 20.0 Å². The number of nitrogens with one attached hydrogen (secondary N) is 1. The minimum Gasteiger partial charge on any atom is -0.441 e. The van der Waals surface area contributed by atoms with Crippen LogP contribution in [-0.4, -0.2) is 45.4 Å². The topological polar surface area (TPSA) is 76.5 Å². The van der Waals surface area contributed by atoms with E-state index in [9.17, 15) is 9.59 Å². The summed E-state index contributed by atoms with van der Waals surface area (Å²) in [4.78, 5) is 26.5. The van der Waals surface area contributed by atoms with Crippen LogP contribution in [0.15, 0.2) is 30.5 Å². The molecular formula is C20H21ClN4O3. The lowest BCUT2D eigenvalue weighted by atomic mass is 9.70. The number of carbonyl (C=O) groups is 2. The van der Waals surface area contributed by atoms with E-state index in [4.69, 9.17) is 16.3 Å². The van der Waals surface area contributed by atoms with Gasteiger partial charge in [-0.2, -0.15) is 5.10 Å². The molecule has 8 heteroatoms. The molecule has 7 nitrogen and oxygen atoms in total. The summed E-state index contributed by atoms with van der Waals surface area (Å²) in [7, 11) is 1.87. The maximum absolute atomic E-state index is 13.1. The third kappa shape index (κ3) is 2.68. The first-order valence-corrected chi connectivity index (χ1v) is 9.87. The number of aryl methyl sites for hydroxylation is 1. The molecule has 1 spiro atoms. The molecule has 1 atom stereocenters. The van der Waals surface area contributed by atoms with Crippen molar-refractivity contribution >= 4 is 23.6 Å². The molecule has 146 valence electrons. The molecule has 1 aromatic carbocycles. The Hall–Kier alpha value is -2.54. The zero-order valence-electron chi connectivity index (χ0n) is 15.5. The van der Waals surface area contributed by atoms with Gasteiger partial charge in [-0.3, -0.25) is 9.48 Å². The number of benzene rings is 1. The van der Waals surface area contributed by atoms with Gasteiger partial charge in [-0.15, -0.1) is 0 Å². The van der Waals surface area contributed by atoms with E-state index < -0.39 is 0 Å². The van der Waals surface area contributed by atoms with Crippen LogP contribution in [0.4, 0.5) is 4.79 Å². The van der Waals surface area contributed by atoms with Crippen LogP contribution in [0.2, 0.25) is 5.02 Å². The number of hydrogen-bond acceptors (Lipinski definition) is 4. The molecule has 0 radical (unpaired) electrons. The molecule has 3 heterocycles. The summed E-state index contributed by atoms with van der Waals surface area (Å²) in [5.74, 6) is 0.372. The Kier molecular flexibility index (Phi) is 3.91. The Morgan fingerprint density at radius 1 is 1.32 bits per heavy atom. The van der Waals surface area contributed by atoms with Crippen molar-refractivity contribution in [3.05, 3.63) is 52.3 Å². The fourth-order valence-corrected chi connectivity index (χ4v) is 5.10. The number of fused-ring (bicyclic) bond motifs is 1. The number of amides is 2. The Labute approximate surface area is 167 Å². The van der Waals surface area contributed by atoms with Gasteiger partial charge in [0.25, 0.3) is 5.91 Å². The van der Waals surface area contributed by atoms with E-state index in [1.54, 1.807) is 10.9 Å². The smallest absolute Gasteiger partial charge is 0.407 e. The van der Waals surface area contributed by atoms with Crippen LogP contribution in [0.5, 0.6) is 0 Å². The molecule has 2 aromatic rings. The van der Waals surface area contributed by atoms with Gasteiger partial charge in [-0.1, -0.05) is 29.8 Å². The lowest BCUT2D eigenvalue weighted by molar-refractivity contribution is -0.0555. The fourth-order valence-electron chi connectivity index (χ4n) is 4.86. The summed E-state index contributed by atoms with van der Waals surface area (Å²) in [6.45, 7) is 1.21. The van der Waals surface area contributed by atoms with E-state index in [1.165, 1.54) is 0 Å². The van der Waals surface area contributed by atoms with Crippen LogP contribution in [0.1, 0.15) is 40.5 Å². The molecule has 28 heavy (non-hydrogen) atoms. The van der Waals surface area contributed by atoms with E-state index in [0.717, 1.165) is 29.7 Å². The van der Waals surface area contributed by atoms with Gasteiger partial charge >= 0.3 is 6.09 Å². The van der Waals surface area contributed by atoms with Crippen LogP contribution in [0, 0.1) is 5.92 Å². The number of rotatable bonds is 4. The average Bonchev–Trinajstić information content (AvgIpc) is 3.27. The first-order chi connectivity index (χ1) is 13.5. The third-order valence-electron chi connectivity index (χ3n) is 6.22. The number of halogens is 1. The van der Waals surface area contributed by atoms with E-state index >= 15 is 0 Å². The van der Waals surface area contributed by atoms with Gasteiger partial charge in [-0.05, 0) is 30.4 Å². The Bertz CT molecular complexity index is 947. The van der Waals surface area contributed by atoms with Crippen molar-refractivity contribution in [1.29, 1.82) is 0 Å². The molecule has 1 unspecified atom stereocenters. The molecule has 3 aliphatic rings. The maximum Gasteiger partial charge on any atom is 0.407 e. The Morgan fingerprint density at radius 3 is 2.79 bits per heavy atom. The highest BCUT2D eigenvalue weighted by molar-refractivity contribution is 6.31. The number of hydrogen-bond donors (Lipinski definition) is 1. The summed E-state index contributed by atoms with van der Waals surface area (Å²) >= 11 is 6.33. The molecular weight excluding hydrogens is 380 g/mol. The summed E-state index contributed by atoms with van der Waals surface area (Å²) < 4.78 is 7.20. The van der Waals surface area contributed by atoms with Gasteiger partial charge in [0.05, 0.1) is 29.5 Å². The van der Waals surface area contributed by atoms with Crippen molar-refractivity contribution in [3.63, 3.8) is 0 Å². The van der Waals surface area contributed by atoms with Crippen LogP contribution in [0.25, 0.3) is 0 Å². The Balaban J connectivity index is 1.38. The Morgan fingerprint density at radius 2 is 2.11 bits per heavy atom. The minimum atomic E-state index is -0.377. The van der Waals surface area contributed by atoms with Crippen LogP contribution in [0.3, 0.4) is 0 Å². The van der Waals surface area contributed by atoms with Crippen LogP contribution in [-0.2, 0) is 18.2 Å². The van der Waals surface area contributed by atoms with Gasteiger partial charge in [0.1, 0.15) is 5.60 Å². The van der Waals surface area contributed by atoms with Crippen molar-refractivity contribution in [3.8, 4) is 0 Å². The summed E-state index contributed by atoms with van der Waals surface area (Å²) in [6.07, 6.45) is 3.48. The maximum atomic E-state index is 13.1. The van der Waals surface area contributed by atoms with Crippen molar-refractivity contribution in [2.45, 2.75) is 30.9 Å². The summed E-state index contributed by atoms with van der Waals surface area (Å²) in [5.41, 5.74) is 2.33. The normalized spacial score (nSPS) is 28.3. The molecule has 0 bridgehead atoms. The predicted molar refractivity (Wildman–Crippen MR) is 102 cm³/mol. The number of carbonyl (C=O) groups excluding carboxylic acids is 2. The number of aromatic nitrogens is 2. The van der Waals surface area contributed by atoms with Gasteiger partial charge in [0.15, 0.2) is 0 Å². The zero-order chi connectivity index (χ0) is 19.5. The second-order valence-corrected chi connectivity index (χ2v) is 8.44. The quantitative estimate of drug-likeness (QED) is 0.856. The second kappa shape index (κ2) is 6.24. The molecule has 1 saturated heterocycles. The standard InChI is InChI=1S/C20H21ClN4O3/c1-24-17(15(21)9-23-24)6-16-13-4-2-3-5-14(13)18(26)25(16)10-12-7-20(8-12)11-22-19(27)28-20/h2-5,9,12,16H,6-8,10-11H2,1H3,(H,22,27). The SMILES string of the molecule is Cn1ncc(Cl)c1CC1c2ccccc2C(=O)N1CC1CC2(CNC(=O)O2)C1. The minimum absolute atomic E-state index is 0.0568. The molecule has 1 aromatic heterocycles. The van der Waals surface area contributed by atoms with Gasteiger partial charge in [-0.25, -0.2) is 4.79 Å². The molecule has 2 amide bonds. The largest absolute Gasteiger partial charge is 0.441 e. The summed E-state index contributed by atoms with van der Waals surface area (Å²) in [6, 6.07) is 7.71. The molecule has 2 fully saturated rings. The van der Waals surface area contributed by atoms with E-state index in [2.05, 4.69) is 10.4 Å². The van der Waals surface area contributed by atoms with E-state index in [-0.39, 0.29) is 23.6 Å². The lowest BCUT2D eigenvalue weighted by Crippen LogP contribution is -2.51. The summed E-state index contributed by atoms with van der Waals surface area (Å²) in [5, 5.41) is 7.58. The highest BCUT2D eigenvalue weighted by atomic mass is 35.5. The van der Waals surface area contributed by atoms with Crippen LogP contribution >= 0.6 is 11.6 Å². The van der Waals surface area contributed by atoms with E-state index in [1.807, 2.05) is 36.2 Å². The van der Waals surface area contributed by atoms with E-state index in [0.29, 0.717) is 30.5 Å². The van der Waals surface area contributed by atoms with Gasteiger partial charge in [0.2, 0.25) is 0 Å². The molecule has 2 aliphatic heterocycles. The highest BCUT2D eigenvalue weighted by Gasteiger charge is 2.52. The average molecular weight is 401 g/mol. The zero-order valence-corrected chi connectivity index (χ0v) is 16.3. The number of nitrogens with zero attached hydrogens (tertiary/aromatic N) is 3. The molecule has 1 saturated carbocycles. The first-order valence-electron chi connectivity index (χ1n) is 9.49. The van der Waals surface area contributed by atoms with Gasteiger partial charge < -0.3 is 15.0 Å². The number of ether oxygens (including phenoxy) is 1. The third-order valence-corrected chi connectivity index (χ3v) is 6.54. The fraction of sp³-hybridized carbons (Fsp3) is 0.450. The van der Waals surface area contributed by atoms with Crippen molar-refractivity contribution in [2.75, 3.05) is 13.1 Å². The van der Waals surface area contributed by atoms with Crippen LogP contribution < -0.4 is 5.32 Å².